The highest BCUT2D eigenvalue weighted by Gasteiger charge is 2.18. The van der Waals surface area contributed by atoms with Gasteiger partial charge in [0.25, 0.3) is 5.91 Å². The smallest absolute Gasteiger partial charge is 0.338 e. The van der Waals surface area contributed by atoms with Crippen LogP contribution in [0.2, 0.25) is 0 Å². The summed E-state index contributed by atoms with van der Waals surface area (Å²) in [7, 11) is 3.66. The van der Waals surface area contributed by atoms with Crippen LogP contribution in [0.25, 0.3) is 0 Å². The Kier molecular flexibility index (Phi) is 4.13. The van der Waals surface area contributed by atoms with E-state index in [1.165, 1.54) is 24.5 Å². The largest absolute Gasteiger partial charge is 0.478 e. The molecule has 0 aromatic carbocycles. The Balaban J connectivity index is 2.33. The van der Waals surface area contributed by atoms with Gasteiger partial charge in [0.2, 0.25) is 0 Å². The normalized spacial score (nSPS) is 10.0. The first-order valence-corrected chi connectivity index (χ1v) is 6.11. The van der Waals surface area contributed by atoms with Gasteiger partial charge < -0.3 is 15.3 Å². The molecule has 2 aromatic heterocycles. The molecule has 7 heteroatoms. The summed E-state index contributed by atoms with van der Waals surface area (Å²) >= 11 is 0. The monoisotopic (exact) mass is 286 g/mol. The molecule has 0 bridgehead atoms. The van der Waals surface area contributed by atoms with Gasteiger partial charge in [0.15, 0.2) is 0 Å². The second-order valence-electron chi connectivity index (χ2n) is 4.45. The topological polar surface area (TPSA) is 95.4 Å². The quantitative estimate of drug-likeness (QED) is 0.884. The maximum absolute atomic E-state index is 12.2. The summed E-state index contributed by atoms with van der Waals surface area (Å²) in [6, 6.07) is 4.54. The van der Waals surface area contributed by atoms with Crippen LogP contribution >= 0.6 is 0 Å². The van der Waals surface area contributed by atoms with Crippen molar-refractivity contribution >= 4 is 23.3 Å². The van der Waals surface area contributed by atoms with Crippen molar-refractivity contribution < 1.29 is 14.7 Å². The molecule has 7 nitrogen and oxygen atoms in total. The minimum Gasteiger partial charge on any atom is -0.478 e. The van der Waals surface area contributed by atoms with Gasteiger partial charge in [-0.15, -0.1) is 0 Å². The van der Waals surface area contributed by atoms with Crippen LogP contribution < -0.4 is 10.2 Å². The van der Waals surface area contributed by atoms with E-state index in [9.17, 15) is 9.59 Å². The van der Waals surface area contributed by atoms with Gasteiger partial charge in [-0.3, -0.25) is 14.8 Å². The number of rotatable bonds is 4. The molecule has 1 amide bonds. The number of aromatic carboxylic acids is 1. The molecule has 0 aliphatic rings. The van der Waals surface area contributed by atoms with E-state index in [2.05, 4.69) is 15.3 Å². The first-order chi connectivity index (χ1) is 10.0. The van der Waals surface area contributed by atoms with Crippen LogP contribution in [-0.2, 0) is 0 Å². The number of carbonyl (C=O) groups is 2. The summed E-state index contributed by atoms with van der Waals surface area (Å²) < 4.78 is 0. The highest BCUT2D eigenvalue weighted by molar-refractivity contribution is 6.10. The van der Waals surface area contributed by atoms with E-state index in [0.29, 0.717) is 5.69 Å². The molecule has 0 spiro atoms. The molecule has 0 radical (unpaired) electrons. The highest BCUT2D eigenvalue weighted by atomic mass is 16.4. The van der Waals surface area contributed by atoms with Crippen molar-refractivity contribution in [2.45, 2.75) is 0 Å². The van der Waals surface area contributed by atoms with E-state index in [1.807, 2.05) is 19.0 Å². The fourth-order valence-corrected chi connectivity index (χ4v) is 1.81. The number of nitrogens with one attached hydrogen (secondary N) is 1. The molecule has 2 rings (SSSR count). The van der Waals surface area contributed by atoms with Gasteiger partial charge >= 0.3 is 5.97 Å². The predicted molar refractivity (Wildman–Crippen MR) is 77.7 cm³/mol. The second kappa shape index (κ2) is 6.00. The van der Waals surface area contributed by atoms with Crippen molar-refractivity contribution in [2.24, 2.45) is 0 Å². The summed E-state index contributed by atoms with van der Waals surface area (Å²) in [6.07, 6.45) is 4.47. The molecule has 0 fully saturated rings. The number of carboxylic acid groups (broad SMARTS) is 1. The van der Waals surface area contributed by atoms with E-state index in [1.54, 1.807) is 12.3 Å². The second-order valence-corrected chi connectivity index (χ2v) is 4.45. The molecular weight excluding hydrogens is 272 g/mol. The van der Waals surface area contributed by atoms with E-state index in [4.69, 9.17) is 5.11 Å². The fraction of sp³-hybridized carbons (Fsp3) is 0.143. The average molecular weight is 286 g/mol. The van der Waals surface area contributed by atoms with Gasteiger partial charge in [0.1, 0.15) is 5.69 Å². The third-order valence-corrected chi connectivity index (χ3v) is 2.78. The molecule has 0 saturated heterocycles. The molecule has 108 valence electrons. The van der Waals surface area contributed by atoms with Crippen LogP contribution in [0.15, 0.2) is 36.8 Å². The summed E-state index contributed by atoms with van der Waals surface area (Å²) in [5.41, 5.74) is 0.949. The van der Waals surface area contributed by atoms with Crippen LogP contribution in [0, 0.1) is 0 Å². The lowest BCUT2D eigenvalue weighted by Gasteiger charge is -2.17. The summed E-state index contributed by atoms with van der Waals surface area (Å²) in [5.74, 6) is -1.80. The number of carbonyl (C=O) groups excluding carboxylic acids is 1. The van der Waals surface area contributed by atoms with Crippen LogP contribution in [0.4, 0.5) is 11.4 Å². The van der Waals surface area contributed by atoms with Gasteiger partial charge in [-0.25, -0.2) is 4.79 Å². The summed E-state index contributed by atoms with van der Waals surface area (Å²) in [4.78, 5) is 33.0. The number of hydrogen-bond donors (Lipinski definition) is 2. The third kappa shape index (κ3) is 3.14. The number of carboxylic acids is 1. The van der Waals surface area contributed by atoms with E-state index in [-0.39, 0.29) is 11.3 Å². The van der Waals surface area contributed by atoms with E-state index >= 15 is 0 Å². The lowest BCUT2D eigenvalue weighted by molar-refractivity contribution is 0.0691. The molecule has 0 aliphatic carbocycles. The maximum Gasteiger partial charge on any atom is 0.338 e. The van der Waals surface area contributed by atoms with Crippen molar-refractivity contribution in [2.75, 3.05) is 24.3 Å². The van der Waals surface area contributed by atoms with Gasteiger partial charge in [-0.05, 0) is 18.2 Å². The Bertz CT molecular complexity index is 685. The lowest BCUT2D eigenvalue weighted by Crippen LogP contribution is -2.20. The van der Waals surface area contributed by atoms with Gasteiger partial charge in [0, 0.05) is 26.5 Å². The Morgan fingerprint density at radius 1 is 1.24 bits per heavy atom. The standard InChI is InChI=1S/C14H14N4O3/c1-18(2)11-5-7-15-8-10(11)17-13(19)12-9(14(20)21)4-3-6-16-12/h3-8H,1-2H3,(H,17,19)(H,20,21). The molecule has 2 heterocycles. The van der Waals surface area contributed by atoms with Crippen LogP contribution in [0.5, 0.6) is 0 Å². The zero-order valence-electron chi connectivity index (χ0n) is 11.6. The Morgan fingerprint density at radius 2 is 2.00 bits per heavy atom. The number of anilines is 2. The van der Waals surface area contributed by atoms with Crippen molar-refractivity contribution in [1.82, 2.24) is 9.97 Å². The zero-order chi connectivity index (χ0) is 15.4. The van der Waals surface area contributed by atoms with Crippen molar-refractivity contribution in [3.63, 3.8) is 0 Å². The minimum atomic E-state index is -1.20. The summed E-state index contributed by atoms with van der Waals surface area (Å²) in [5, 5.41) is 11.7. The molecule has 0 atom stereocenters. The zero-order valence-corrected chi connectivity index (χ0v) is 11.6. The Hall–Kier alpha value is -2.96. The van der Waals surface area contributed by atoms with Crippen LogP contribution in [0.1, 0.15) is 20.8 Å². The molecule has 0 aliphatic heterocycles. The van der Waals surface area contributed by atoms with Crippen LogP contribution in [0.3, 0.4) is 0 Å². The van der Waals surface area contributed by atoms with Gasteiger partial charge in [-0.1, -0.05) is 0 Å². The number of hydrogen-bond acceptors (Lipinski definition) is 5. The molecule has 0 unspecified atom stereocenters. The Labute approximate surface area is 121 Å². The predicted octanol–water partition coefficient (Wildman–Crippen LogP) is 1.49. The summed E-state index contributed by atoms with van der Waals surface area (Å²) in [6.45, 7) is 0. The SMILES string of the molecule is CN(C)c1ccncc1NC(=O)c1ncccc1C(=O)O. The first kappa shape index (κ1) is 14.4. The Morgan fingerprint density at radius 3 is 2.67 bits per heavy atom. The van der Waals surface area contributed by atoms with Crippen molar-refractivity contribution in [3.05, 3.63) is 48.0 Å². The first-order valence-electron chi connectivity index (χ1n) is 6.11. The number of nitrogens with zero attached hydrogens (tertiary/aromatic N) is 3. The molecular formula is C14H14N4O3. The van der Waals surface area contributed by atoms with E-state index in [0.717, 1.165) is 5.69 Å². The number of aromatic nitrogens is 2. The van der Waals surface area contributed by atoms with Gasteiger partial charge in [0.05, 0.1) is 23.1 Å². The molecule has 0 saturated carbocycles. The highest BCUT2D eigenvalue weighted by Crippen LogP contribution is 2.23. The molecule has 21 heavy (non-hydrogen) atoms. The average Bonchev–Trinajstić information content (AvgIpc) is 2.47. The van der Waals surface area contributed by atoms with Gasteiger partial charge in [-0.2, -0.15) is 0 Å². The number of pyridine rings is 2. The van der Waals surface area contributed by atoms with Crippen LogP contribution in [-0.4, -0.2) is 41.0 Å². The van der Waals surface area contributed by atoms with Crippen molar-refractivity contribution in [1.29, 1.82) is 0 Å². The molecule has 2 aromatic rings. The minimum absolute atomic E-state index is 0.140. The fourth-order valence-electron chi connectivity index (χ4n) is 1.81. The third-order valence-electron chi connectivity index (χ3n) is 2.78. The number of amides is 1. The molecule has 2 N–H and O–H groups in total. The lowest BCUT2D eigenvalue weighted by atomic mass is 10.2. The maximum atomic E-state index is 12.2. The van der Waals surface area contributed by atoms with E-state index < -0.39 is 11.9 Å². The van der Waals surface area contributed by atoms with Crippen molar-refractivity contribution in [3.8, 4) is 0 Å².